The van der Waals surface area contributed by atoms with Crippen LogP contribution in [-0.4, -0.2) is 26.7 Å². The molecule has 1 aliphatic carbocycles. The standard InChI is InChI=1S/C13H23N3OS/c1-2-8-18-13-9-12(14)16(15-13)10-6-4-3-5-7-11(10)17/h9-11,17H,2-8,14H2,1H3. The number of thioether (sulfide) groups is 1. The molecule has 18 heavy (non-hydrogen) atoms. The van der Waals surface area contributed by atoms with E-state index in [0.29, 0.717) is 5.82 Å². The summed E-state index contributed by atoms with van der Waals surface area (Å²) < 4.78 is 1.84. The zero-order valence-corrected chi connectivity index (χ0v) is 11.8. The van der Waals surface area contributed by atoms with Gasteiger partial charge in [0.2, 0.25) is 0 Å². The Balaban J connectivity index is 2.12. The molecule has 0 amide bonds. The lowest BCUT2D eigenvalue weighted by atomic mass is 10.1. The molecule has 1 aromatic heterocycles. The molecule has 2 atom stereocenters. The van der Waals surface area contributed by atoms with Gasteiger partial charge in [0.15, 0.2) is 0 Å². The van der Waals surface area contributed by atoms with E-state index in [4.69, 9.17) is 5.73 Å². The summed E-state index contributed by atoms with van der Waals surface area (Å²) in [6.45, 7) is 2.16. The smallest absolute Gasteiger partial charge is 0.123 e. The van der Waals surface area contributed by atoms with Crippen molar-refractivity contribution < 1.29 is 5.11 Å². The molecular weight excluding hydrogens is 246 g/mol. The summed E-state index contributed by atoms with van der Waals surface area (Å²) in [6.07, 6.45) is 6.12. The Hall–Kier alpha value is -0.680. The maximum atomic E-state index is 10.2. The van der Waals surface area contributed by atoms with Gasteiger partial charge in [-0.25, -0.2) is 4.68 Å². The van der Waals surface area contributed by atoms with E-state index in [0.717, 1.165) is 42.9 Å². The van der Waals surface area contributed by atoms with Gasteiger partial charge in [-0.2, -0.15) is 5.10 Å². The maximum Gasteiger partial charge on any atom is 0.123 e. The lowest BCUT2D eigenvalue weighted by Crippen LogP contribution is -2.25. The van der Waals surface area contributed by atoms with E-state index in [-0.39, 0.29) is 12.1 Å². The van der Waals surface area contributed by atoms with Crippen molar-refractivity contribution in [2.75, 3.05) is 11.5 Å². The van der Waals surface area contributed by atoms with Gasteiger partial charge in [-0.3, -0.25) is 0 Å². The molecule has 102 valence electrons. The highest BCUT2D eigenvalue weighted by molar-refractivity contribution is 7.99. The van der Waals surface area contributed by atoms with Gasteiger partial charge in [-0.05, 0) is 25.0 Å². The number of hydrogen-bond acceptors (Lipinski definition) is 4. The molecule has 1 fully saturated rings. The number of aliphatic hydroxyl groups excluding tert-OH is 1. The minimum Gasteiger partial charge on any atom is -0.391 e. The van der Waals surface area contributed by atoms with Crippen LogP contribution in [0.5, 0.6) is 0 Å². The third kappa shape index (κ3) is 3.20. The van der Waals surface area contributed by atoms with Crippen LogP contribution in [0.25, 0.3) is 0 Å². The van der Waals surface area contributed by atoms with Crippen LogP contribution in [-0.2, 0) is 0 Å². The largest absolute Gasteiger partial charge is 0.391 e. The number of nitrogens with zero attached hydrogens (tertiary/aromatic N) is 2. The predicted molar refractivity (Wildman–Crippen MR) is 75.8 cm³/mol. The molecule has 0 bridgehead atoms. The second-order valence-corrected chi connectivity index (χ2v) is 6.09. The van der Waals surface area contributed by atoms with Crippen LogP contribution < -0.4 is 5.73 Å². The molecule has 1 heterocycles. The fraction of sp³-hybridized carbons (Fsp3) is 0.769. The van der Waals surface area contributed by atoms with Crippen LogP contribution in [0.1, 0.15) is 51.5 Å². The molecule has 1 aromatic rings. The molecule has 2 rings (SSSR count). The minimum absolute atomic E-state index is 0.0588. The lowest BCUT2D eigenvalue weighted by Gasteiger charge is -2.21. The fourth-order valence-electron chi connectivity index (χ4n) is 2.48. The monoisotopic (exact) mass is 269 g/mol. The highest BCUT2D eigenvalue weighted by atomic mass is 32.2. The molecule has 0 radical (unpaired) electrons. The first-order valence-corrected chi connectivity index (χ1v) is 7.86. The average Bonchev–Trinajstić information content (AvgIpc) is 2.58. The third-order valence-electron chi connectivity index (χ3n) is 3.45. The van der Waals surface area contributed by atoms with Crippen LogP contribution in [0.2, 0.25) is 0 Å². The molecular formula is C13H23N3OS. The van der Waals surface area contributed by atoms with Gasteiger partial charge in [0.1, 0.15) is 10.8 Å². The molecule has 0 aromatic carbocycles. The third-order valence-corrected chi connectivity index (χ3v) is 4.56. The van der Waals surface area contributed by atoms with Crippen LogP contribution in [0.15, 0.2) is 11.1 Å². The Morgan fingerprint density at radius 3 is 3.00 bits per heavy atom. The van der Waals surface area contributed by atoms with Gasteiger partial charge in [-0.1, -0.05) is 26.2 Å². The van der Waals surface area contributed by atoms with E-state index in [1.54, 1.807) is 11.8 Å². The molecule has 3 N–H and O–H groups in total. The molecule has 4 nitrogen and oxygen atoms in total. The first-order chi connectivity index (χ1) is 8.72. The first-order valence-electron chi connectivity index (χ1n) is 6.88. The summed E-state index contributed by atoms with van der Waals surface area (Å²) in [5.41, 5.74) is 6.03. The number of aliphatic hydroxyl groups is 1. The van der Waals surface area contributed by atoms with E-state index in [1.165, 1.54) is 6.42 Å². The Morgan fingerprint density at radius 2 is 2.22 bits per heavy atom. The number of nitrogen functional groups attached to an aromatic ring is 1. The zero-order valence-electron chi connectivity index (χ0n) is 11.0. The van der Waals surface area contributed by atoms with Crippen molar-refractivity contribution in [1.29, 1.82) is 0 Å². The highest BCUT2D eigenvalue weighted by Gasteiger charge is 2.25. The van der Waals surface area contributed by atoms with Crippen molar-refractivity contribution in [3.8, 4) is 0 Å². The van der Waals surface area contributed by atoms with Crippen molar-refractivity contribution in [2.24, 2.45) is 0 Å². The summed E-state index contributed by atoms with van der Waals surface area (Å²) in [7, 11) is 0. The Labute approximate surface area is 113 Å². The van der Waals surface area contributed by atoms with Gasteiger partial charge in [0.25, 0.3) is 0 Å². The summed E-state index contributed by atoms with van der Waals surface area (Å²) in [5.74, 6) is 1.74. The topological polar surface area (TPSA) is 64.1 Å². The van der Waals surface area contributed by atoms with Gasteiger partial charge in [-0.15, -0.1) is 11.8 Å². The molecule has 2 unspecified atom stereocenters. The van der Waals surface area contributed by atoms with Gasteiger partial charge >= 0.3 is 0 Å². The number of rotatable bonds is 4. The second-order valence-electron chi connectivity index (χ2n) is 4.97. The molecule has 0 aliphatic heterocycles. The predicted octanol–water partition coefficient (Wildman–Crippen LogP) is 2.83. The van der Waals surface area contributed by atoms with Crippen molar-refractivity contribution in [2.45, 2.75) is 62.6 Å². The van der Waals surface area contributed by atoms with Crippen LogP contribution in [0.3, 0.4) is 0 Å². The fourth-order valence-corrected chi connectivity index (χ4v) is 3.25. The normalized spacial score (nSPS) is 25.0. The molecule has 1 aliphatic rings. The van der Waals surface area contributed by atoms with E-state index in [1.807, 2.05) is 10.7 Å². The Morgan fingerprint density at radius 1 is 1.44 bits per heavy atom. The van der Waals surface area contributed by atoms with Gasteiger partial charge in [0, 0.05) is 6.07 Å². The van der Waals surface area contributed by atoms with Gasteiger partial charge < -0.3 is 10.8 Å². The van der Waals surface area contributed by atoms with Crippen LogP contribution in [0, 0.1) is 0 Å². The zero-order chi connectivity index (χ0) is 13.0. The summed E-state index contributed by atoms with van der Waals surface area (Å²) in [4.78, 5) is 0. The quantitative estimate of drug-likeness (QED) is 0.651. The van der Waals surface area contributed by atoms with Crippen molar-refractivity contribution in [3.63, 3.8) is 0 Å². The van der Waals surface area contributed by atoms with Crippen LogP contribution in [0.4, 0.5) is 5.82 Å². The minimum atomic E-state index is -0.307. The summed E-state index contributed by atoms with van der Waals surface area (Å²) in [5, 5.41) is 15.7. The van der Waals surface area contributed by atoms with Gasteiger partial charge in [0.05, 0.1) is 12.1 Å². The van der Waals surface area contributed by atoms with E-state index in [2.05, 4.69) is 12.0 Å². The van der Waals surface area contributed by atoms with Crippen molar-refractivity contribution in [1.82, 2.24) is 9.78 Å². The second kappa shape index (κ2) is 6.48. The SMILES string of the molecule is CCCSc1cc(N)n(C2CCCCCC2O)n1. The maximum absolute atomic E-state index is 10.2. The average molecular weight is 269 g/mol. The number of aromatic nitrogens is 2. The van der Waals surface area contributed by atoms with Crippen molar-refractivity contribution >= 4 is 17.6 Å². The molecule has 0 saturated heterocycles. The summed E-state index contributed by atoms with van der Waals surface area (Å²) in [6, 6.07) is 1.99. The first kappa shape index (κ1) is 13.7. The molecule has 0 spiro atoms. The number of anilines is 1. The van der Waals surface area contributed by atoms with E-state index in [9.17, 15) is 5.11 Å². The number of nitrogens with two attached hydrogens (primary N) is 1. The molecule has 1 saturated carbocycles. The number of hydrogen-bond donors (Lipinski definition) is 2. The summed E-state index contributed by atoms with van der Waals surface area (Å²) >= 11 is 1.73. The lowest BCUT2D eigenvalue weighted by molar-refractivity contribution is 0.0996. The van der Waals surface area contributed by atoms with Crippen LogP contribution >= 0.6 is 11.8 Å². The highest BCUT2D eigenvalue weighted by Crippen LogP contribution is 2.31. The molecule has 5 heteroatoms. The Bertz CT molecular complexity index is 380. The van der Waals surface area contributed by atoms with E-state index < -0.39 is 0 Å². The van der Waals surface area contributed by atoms with Crippen molar-refractivity contribution in [3.05, 3.63) is 6.07 Å². The van der Waals surface area contributed by atoms with E-state index >= 15 is 0 Å². The Kier molecular flexibility index (Phi) is 4.95.